The maximum atomic E-state index is 11.9. The van der Waals surface area contributed by atoms with E-state index in [1.807, 2.05) is 19.4 Å². The van der Waals surface area contributed by atoms with E-state index in [1.54, 1.807) is 0 Å². The van der Waals surface area contributed by atoms with Crippen LogP contribution in [0.15, 0.2) is 12.5 Å². The molecule has 1 aliphatic carbocycles. The van der Waals surface area contributed by atoms with Crippen LogP contribution in [0.4, 0.5) is 0 Å². The van der Waals surface area contributed by atoms with Crippen LogP contribution < -0.4 is 0 Å². The maximum Gasteiger partial charge on any atom is 0.307 e. The Balaban J connectivity index is 1.79. The molecule has 0 spiro atoms. The van der Waals surface area contributed by atoms with Crippen LogP contribution in [0.5, 0.6) is 0 Å². The number of nitrogens with zero attached hydrogens (tertiary/aromatic N) is 3. The molecule has 0 radical (unpaired) electrons. The first-order valence-corrected chi connectivity index (χ1v) is 7.71. The highest BCUT2D eigenvalue weighted by Gasteiger charge is 2.32. The first kappa shape index (κ1) is 13.6. The summed E-state index contributed by atoms with van der Waals surface area (Å²) >= 11 is 0. The summed E-state index contributed by atoms with van der Waals surface area (Å²) in [6, 6.07) is 0.722. The lowest BCUT2D eigenvalue weighted by atomic mass is 10.1. The number of imidazole rings is 1. The topological polar surface area (TPSA) is 47.4 Å². The summed E-state index contributed by atoms with van der Waals surface area (Å²) in [4.78, 5) is 18.6. The van der Waals surface area contributed by atoms with E-state index in [0.29, 0.717) is 19.1 Å². The molecule has 1 aliphatic heterocycles. The largest absolute Gasteiger partial charge is 0.466 e. The minimum Gasteiger partial charge on any atom is -0.466 e. The van der Waals surface area contributed by atoms with Crippen LogP contribution in [0, 0.1) is 0 Å². The van der Waals surface area contributed by atoms with Crippen LogP contribution in [0.3, 0.4) is 0 Å². The molecule has 3 rings (SSSR count). The molecule has 5 heteroatoms. The Morgan fingerprint density at radius 1 is 1.45 bits per heavy atom. The molecule has 0 amide bonds. The highest BCUT2D eigenvalue weighted by Crippen LogP contribution is 2.39. The van der Waals surface area contributed by atoms with Gasteiger partial charge in [0.2, 0.25) is 0 Å². The zero-order valence-electron chi connectivity index (χ0n) is 12.1. The maximum absolute atomic E-state index is 11.9. The van der Waals surface area contributed by atoms with Gasteiger partial charge in [-0.05, 0) is 45.7 Å². The van der Waals surface area contributed by atoms with E-state index in [0.717, 1.165) is 13.1 Å². The standard InChI is InChI=1S/C15H23N3O2/c1-2-20-15(19)9-13(17-7-3-4-8-17)14-10-16-11-18(14)12-5-6-12/h10-13H,2-9H2,1H3. The van der Waals surface area contributed by atoms with Crippen molar-refractivity contribution in [2.45, 2.75) is 51.1 Å². The molecule has 5 nitrogen and oxygen atoms in total. The summed E-state index contributed by atoms with van der Waals surface area (Å²) in [5.74, 6) is -0.104. The van der Waals surface area contributed by atoms with E-state index < -0.39 is 0 Å². The molecule has 0 N–H and O–H groups in total. The third-order valence-electron chi connectivity index (χ3n) is 4.22. The predicted octanol–water partition coefficient (Wildman–Crippen LogP) is 2.31. The van der Waals surface area contributed by atoms with Crippen molar-refractivity contribution < 1.29 is 9.53 Å². The second-order valence-electron chi connectivity index (χ2n) is 5.72. The number of ether oxygens (including phenoxy) is 1. The number of rotatable bonds is 6. The van der Waals surface area contributed by atoms with Gasteiger partial charge >= 0.3 is 5.97 Å². The number of esters is 1. The molecule has 0 aromatic carbocycles. The average Bonchev–Trinajstić information content (AvgIpc) is 2.94. The molecular weight excluding hydrogens is 254 g/mol. The third kappa shape index (κ3) is 2.87. The van der Waals surface area contributed by atoms with Crippen LogP contribution in [0.1, 0.15) is 56.8 Å². The van der Waals surface area contributed by atoms with Gasteiger partial charge in [0.25, 0.3) is 0 Å². The lowest BCUT2D eigenvalue weighted by Crippen LogP contribution is -2.30. The minimum absolute atomic E-state index is 0.104. The van der Waals surface area contributed by atoms with Crippen LogP contribution in [-0.2, 0) is 9.53 Å². The summed E-state index contributed by atoms with van der Waals surface area (Å²) in [6.07, 6.45) is 9.19. The average molecular weight is 277 g/mol. The summed E-state index contributed by atoms with van der Waals surface area (Å²) in [5.41, 5.74) is 1.18. The molecule has 2 aliphatic rings. The van der Waals surface area contributed by atoms with Gasteiger partial charge in [-0.2, -0.15) is 0 Å². The third-order valence-corrected chi connectivity index (χ3v) is 4.22. The summed E-state index contributed by atoms with van der Waals surface area (Å²) in [6.45, 7) is 4.45. The summed E-state index contributed by atoms with van der Waals surface area (Å²) < 4.78 is 7.42. The van der Waals surface area contributed by atoms with Crippen LogP contribution in [-0.4, -0.2) is 40.1 Å². The Labute approximate surface area is 119 Å². The zero-order valence-corrected chi connectivity index (χ0v) is 12.1. The van der Waals surface area contributed by atoms with E-state index >= 15 is 0 Å². The quantitative estimate of drug-likeness (QED) is 0.749. The molecule has 2 fully saturated rings. The van der Waals surface area contributed by atoms with Gasteiger partial charge in [0, 0.05) is 12.2 Å². The molecule has 1 aromatic rings. The van der Waals surface area contributed by atoms with Crippen molar-refractivity contribution in [3.8, 4) is 0 Å². The van der Waals surface area contributed by atoms with E-state index in [9.17, 15) is 4.79 Å². The number of aromatic nitrogens is 2. The Kier molecular flexibility index (Phi) is 4.05. The van der Waals surface area contributed by atoms with Crippen molar-refractivity contribution in [3.63, 3.8) is 0 Å². The normalized spacial score (nSPS) is 21.1. The lowest BCUT2D eigenvalue weighted by molar-refractivity contribution is -0.144. The van der Waals surface area contributed by atoms with Crippen molar-refractivity contribution >= 4 is 5.97 Å². The smallest absolute Gasteiger partial charge is 0.307 e. The zero-order chi connectivity index (χ0) is 13.9. The Hall–Kier alpha value is -1.36. The first-order valence-electron chi connectivity index (χ1n) is 7.71. The Morgan fingerprint density at radius 3 is 2.85 bits per heavy atom. The molecule has 1 unspecified atom stereocenters. The van der Waals surface area contributed by atoms with Gasteiger partial charge in [-0.15, -0.1) is 0 Å². The lowest BCUT2D eigenvalue weighted by Gasteiger charge is -2.27. The second-order valence-corrected chi connectivity index (χ2v) is 5.72. The van der Waals surface area contributed by atoms with E-state index in [-0.39, 0.29) is 12.0 Å². The SMILES string of the molecule is CCOC(=O)CC(c1cncn1C1CC1)N1CCCC1. The van der Waals surface area contributed by atoms with Crippen LogP contribution in [0.2, 0.25) is 0 Å². The molecule has 110 valence electrons. The fourth-order valence-corrected chi connectivity index (χ4v) is 3.08. The van der Waals surface area contributed by atoms with Crippen LogP contribution >= 0.6 is 0 Å². The van der Waals surface area contributed by atoms with Crippen LogP contribution in [0.25, 0.3) is 0 Å². The van der Waals surface area contributed by atoms with Gasteiger partial charge in [0.1, 0.15) is 0 Å². The highest BCUT2D eigenvalue weighted by molar-refractivity contribution is 5.70. The fourth-order valence-electron chi connectivity index (χ4n) is 3.08. The minimum atomic E-state index is -0.104. The van der Waals surface area contributed by atoms with Crippen molar-refractivity contribution in [3.05, 3.63) is 18.2 Å². The van der Waals surface area contributed by atoms with Crippen molar-refractivity contribution in [2.75, 3.05) is 19.7 Å². The predicted molar refractivity (Wildman–Crippen MR) is 75.3 cm³/mol. The van der Waals surface area contributed by atoms with E-state index in [2.05, 4.69) is 14.5 Å². The Bertz CT molecular complexity index is 461. The van der Waals surface area contributed by atoms with Crippen molar-refractivity contribution in [2.24, 2.45) is 0 Å². The summed E-state index contributed by atoms with van der Waals surface area (Å²) in [7, 11) is 0. The number of hydrogen-bond acceptors (Lipinski definition) is 4. The number of likely N-dealkylation sites (tertiary alicyclic amines) is 1. The van der Waals surface area contributed by atoms with Gasteiger partial charge < -0.3 is 9.30 Å². The Morgan fingerprint density at radius 2 is 2.20 bits per heavy atom. The number of hydrogen-bond donors (Lipinski definition) is 0. The molecule has 2 heterocycles. The van der Waals surface area contributed by atoms with Gasteiger partial charge in [-0.25, -0.2) is 4.98 Å². The van der Waals surface area contributed by atoms with E-state index in [4.69, 9.17) is 4.74 Å². The number of carbonyl (C=O) groups excluding carboxylic acids is 1. The summed E-state index contributed by atoms with van der Waals surface area (Å²) in [5, 5.41) is 0. The molecule has 1 aromatic heterocycles. The molecule has 1 saturated carbocycles. The molecule has 1 atom stereocenters. The van der Waals surface area contributed by atoms with Crippen molar-refractivity contribution in [1.82, 2.24) is 14.5 Å². The molecule has 20 heavy (non-hydrogen) atoms. The molecule has 1 saturated heterocycles. The van der Waals surface area contributed by atoms with Gasteiger partial charge in [0.05, 0.1) is 31.1 Å². The second kappa shape index (κ2) is 5.95. The fraction of sp³-hybridized carbons (Fsp3) is 0.733. The first-order chi connectivity index (χ1) is 9.79. The number of carbonyl (C=O) groups is 1. The van der Waals surface area contributed by atoms with Crippen molar-refractivity contribution in [1.29, 1.82) is 0 Å². The van der Waals surface area contributed by atoms with Gasteiger partial charge in [-0.1, -0.05) is 0 Å². The van der Waals surface area contributed by atoms with E-state index in [1.165, 1.54) is 31.4 Å². The molecule has 0 bridgehead atoms. The highest BCUT2D eigenvalue weighted by atomic mass is 16.5. The van der Waals surface area contributed by atoms with Gasteiger partial charge in [-0.3, -0.25) is 9.69 Å². The monoisotopic (exact) mass is 277 g/mol. The molecular formula is C15H23N3O2. The van der Waals surface area contributed by atoms with Gasteiger partial charge in [0.15, 0.2) is 0 Å².